The second-order valence-electron chi connectivity index (χ2n) is 5.17. The van der Waals surface area contributed by atoms with Crippen LogP contribution in [-0.4, -0.2) is 17.4 Å². The quantitative estimate of drug-likeness (QED) is 0.721. The number of aromatic nitrogens is 1. The Balaban J connectivity index is 2.48. The lowest BCUT2D eigenvalue weighted by Gasteiger charge is -2.15. The van der Waals surface area contributed by atoms with Gasteiger partial charge in [-0.1, -0.05) is 31.4 Å². The summed E-state index contributed by atoms with van der Waals surface area (Å²) in [5.74, 6) is 0.513. The molecule has 0 aliphatic heterocycles. The van der Waals surface area contributed by atoms with Gasteiger partial charge >= 0.3 is 0 Å². The summed E-state index contributed by atoms with van der Waals surface area (Å²) in [7, 11) is 0. The Morgan fingerprint density at radius 3 is 2.85 bits per heavy atom. The van der Waals surface area contributed by atoms with E-state index in [1.165, 1.54) is 0 Å². The molecule has 1 atom stereocenters. The number of nitrogens with two attached hydrogens (primary N) is 1. The van der Waals surface area contributed by atoms with Crippen molar-refractivity contribution in [3.8, 4) is 0 Å². The van der Waals surface area contributed by atoms with E-state index in [-0.39, 0.29) is 5.91 Å². The van der Waals surface area contributed by atoms with Gasteiger partial charge in [-0.3, -0.25) is 4.79 Å². The van der Waals surface area contributed by atoms with Crippen LogP contribution >= 0.6 is 11.6 Å². The van der Waals surface area contributed by atoms with Crippen molar-refractivity contribution in [3.63, 3.8) is 0 Å². The summed E-state index contributed by atoms with van der Waals surface area (Å²) in [6, 6.07) is 1.83. The number of hydrogen-bond acceptors (Lipinski definition) is 3. The average Bonchev–Trinajstić information content (AvgIpc) is 2.41. The fourth-order valence-corrected chi connectivity index (χ4v) is 2.42. The number of pyridine rings is 1. The highest BCUT2D eigenvalue weighted by atomic mass is 35.5. The van der Waals surface area contributed by atoms with Gasteiger partial charge in [-0.2, -0.15) is 0 Å². The number of anilines is 1. The first-order valence-corrected chi connectivity index (χ1v) is 7.56. The molecular weight excluding hydrogens is 274 g/mol. The van der Waals surface area contributed by atoms with Gasteiger partial charge in [0.1, 0.15) is 0 Å². The first-order valence-electron chi connectivity index (χ1n) is 7.18. The van der Waals surface area contributed by atoms with E-state index in [0.717, 1.165) is 31.2 Å². The predicted octanol–water partition coefficient (Wildman–Crippen LogP) is 3.53. The van der Waals surface area contributed by atoms with E-state index in [1.54, 1.807) is 6.20 Å². The summed E-state index contributed by atoms with van der Waals surface area (Å²) in [5, 5.41) is 3.16. The van der Waals surface area contributed by atoms with Crippen LogP contribution in [-0.2, 0) is 4.79 Å². The van der Waals surface area contributed by atoms with Gasteiger partial charge in [0, 0.05) is 12.6 Å². The molecule has 0 saturated carbocycles. The average molecular weight is 298 g/mol. The molecule has 3 N–H and O–H groups in total. The molecule has 0 radical (unpaired) electrons. The van der Waals surface area contributed by atoms with Crippen LogP contribution < -0.4 is 11.1 Å². The molecule has 0 fully saturated rings. The molecule has 112 valence electrons. The molecular formula is C15H24ClN3O. The minimum Gasteiger partial charge on any atom is -0.330 e. The number of hydrogen-bond donors (Lipinski definition) is 2. The highest BCUT2D eigenvalue weighted by molar-refractivity contribution is 6.32. The van der Waals surface area contributed by atoms with Gasteiger partial charge in [0.25, 0.3) is 0 Å². The molecule has 1 heterocycles. The summed E-state index contributed by atoms with van der Waals surface area (Å²) >= 11 is 5.96. The lowest BCUT2D eigenvalue weighted by Crippen LogP contribution is -2.15. The normalized spacial score (nSPS) is 12.2. The first kappa shape index (κ1) is 16.9. The number of halogens is 1. The third-order valence-corrected chi connectivity index (χ3v) is 3.60. The number of rotatable bonds is 8. The third-order valence-electron chi connectivity index (χ3n) is 3.30. The van der Waals surface area contributed by atoms with Crippen molar-refractivity contribution in [2.24, 2.45) is 11.7 Å². The van der Waals surface area contributed by atoms with E-state index in [1.807, 2.05) is 13.0 Å². The molecule has 0 aromatic carbocycles. The van der Waals surface area contributed by atoms with Gasteiger partial charge < -0.3 is 11.1 Å². The van der Waals surface area contributed by atoms with Crippen LogP contribution in [0.2, 0.25) is 5.15 Å². The van der Waals surface area contributed by atoms with Crippen LogP contribution in [0.3, 0.4) is 0 Å². The van der Waals surface area contributed by atoms with Gasteiger partial charge in [-0.15, -0.1) is 0 Å². The number of amides is 1. The second-order valence-corrected chi connectivity index (χ2v) is 5.53. The molecule has 5 heteroatoms. The molecule has 1 aromatic rings. The fraction of sp³-hybridized carbons (Fsp3) is 0.600. The molecule has 4 nitrogen and oxygen atoms in total. The van der Waals surface area contributed by atoms with Gasteiger partial charge in [-0.25, -0.2) is 4.98 Å². The van der Waals surface area contributed by atoms with Crippen LogP contribution in [0.5, 0.6) is 0 Å². The van der Waals surface area contributed by atoms with Crippen LogP contribution in [0.4, 0.5) is 5.69 Å². The summed E-state index contributed by atoms with van der Waals surface area (Å²) in [6.45, 7) is 4.75. The zero-order valence-electron chi connectivity index (χ0n) is 12.3. The molecule has 1 rings (SSSR count). The largest absolute Gasteiger partial charge is 0.330 e. The molecule has 0 aliphatic rings. The van der Waals surface area contributed by atoms with Crippen LogP contribution in [0.25, 0.3) is 0 Å². The molecule has 1 unspecified atom stereocenters. The van der Waals surface area contributed by atoms with Crippen molar-refractivity contribution in [2.75, 3.05) is 11.9 Å². The Labute approximate surface area is 126 Å². The standard InChI is InChI=1S/C15H24ClN3O/c1-3-4-12(7-8-17)5-6-14(20)19-13-9-11(2)10-18-15(13)16/h9-10,12H,3-8,17H2,1-2H3,(H,19,20). The third kappa shape index (κ3) is 5.88. The molecule has 1 amide bonds. The maximum atomic E-state index is 12.0. The van der Waals surface area contributed by atoms with Crippen molar-refractivity contribution in [2.45, 2.75) is 46.0 Å². The molecule has 0 bridgehead atoms. The Kier molecular flexibility index (Phi) is 7.55. The molecule has 1 aromatic heterocycles. The number of carbonyl (C=O) groups excluding carboxylic acids is 1. The summed E-state index contributed by atoms with van der Waals surface area (Å²) in [4.78, 5) is 16.0. The fourth-order valence-electron chi connectivity index (χ4n) is 2.27. The smallest absolute Gasteiger partial charge is 0.224 e. The van der Waals surface area contributed by atoms with Gasteiger partial charge in [0.2, 0.25) is 5.91 Å². The summed E-state index contributed by atoms with van der Waals surface area (Å²) < 4.78 is 0. The molecule has 0 aliphatic carbocycles. The Morgan fingerprint density at radius 2 is 2.20 bits per heavy atom. The van der Waals surface area contributed by atoms with Crippen LogP contribution in [0.1, 0.15) is 44.6 Å². The number of nitrogens with one attached hydrogen (secondary N) is 1. The monoisotopic (exact) mass is 297 g/mol. The number of nitrogens with zero attached hydrogens (tertiary/aromatic N) is 1. The predicted molar refractivity (Wildman–Crippen MR) is 83.9 cm³/mol. The van der Waals surface area contributed by atoms with Crippen LogP contribution in [0, 0.1) is 12.8 Å². The minimum atomic E-state index is -0.0163. The maximum absolute atomic E-state index is 12.0. The number of aryl methyl sites for hydroxylation is 1. The van der Waals surface area contributed by atoms with Crippen LogP contribution in [0.15, 0.2) is 12.3 Å². The topological polar surface area (TPSA) is 68.0 Å². The van der Waals surface area contributed by atoms with Crippen molar-refractivity contribution in [3.05, 3.63) is 23.0 Å². The van der Waals surface area contributed by atoms with E-state index in [9.17, 15) is 4.79 Å². The highest BCUT2D eigenvalue weighted by Gasteiger charge is 2.11. The van der Waals surface area contributed by atoms with E-state index >= 15 is 0 Å². The second kappa shape index (κ2) is 8.93. The first-order chi connectivity index (χ1) is 9.56. The van der Waals surface area contributed by atoms with Crippen molar-refractivity contribution < 1.29 is 4.79 Å². The number of carbonyl (C=O) groups is 1. The minimum absolute atomic E-state index is 0.0163. The summed E-state index contributed by atoms with van der Waals surface area (Å²) in [5.41, 5.74) is 7.15. The zero-order chi connectivity index (χ0) is 15.0. The van der Waals surface area contributed by atoms with Gasteiger partial charge in [0.15, 0.2) is 5.15 Å². The van der Waals surface area contributed by atoms with Crippen molar-refractivity contribution in [1.29, 1.82) is 0 Å². The van der Waals surface area contributed by atoms with E-state index < -0.39 is 0 Å². The van der Waals surface area contributed by atoms with Crippen molar-refractivity contribution >= 4 is 23.2 Å². The lowest BCUT2D eigenvalue weighted by atomic mass is 9.94. The zero-order valence-corrected chi connectivity index (χ0v) is 13.0. The van der Waals surface area contributed by atoms with E-state index in [0.29, 0.717) is 29.7 Å². The Hall–Kier alpha value is -1.13. The SMILES string of the molecule is CCCC(CCN)CCC(=O)Nc1cc(C)cnc1Cl. The maximum Gasteiger partial charge on any atom is 0.224 e. The van der Waals surface area contributed by atoms with E-state index in [2.05, 4.69) is 17.2 Å². The lowest BCUT2D eigenvalue weighted by molar-refractivity contribution is -0.116. The van der Waals surface area contributed by atoms with E-state index in [4.69, 9.17) is 17.3 Å². The van der Waals surface area contributed by atoms with Gasteiger partial charge in [-0.05, 0) is 43.9 Å². The summed E-state index contributed by atoms with van der Waals surface area (Å²) in [6.07, 6.45) is 6.27. The molecule has 0 spiro atoms. The Morgan fingerprint density at radius 1 is 1.45 bits per heavy atom. The molecule has 20 heavy (non-hydrogen) atoms. The molecule has 0 saturated heterocycles. The van der Waals surface area contributed by atoms with Gasteiger partial charge in [0.05, 0.1) is 5.69 Å². The highest BCUT2D eigenvalue weighted by Crippen LogP contribution is 2.21. The van der Waals surface area contributed by atoms with Crippen molar-refractivity contribution in [1.82, 2.24) is 4.98 Å². The Bertz CT molecular complexity index is 431.